The Balaban J connectivity index is 2.14. The van der Waals surface area contributed by atoms with Crippen LogP contribution in [0.15, 0.2) is 11.6 Å². The lowest BCUT2D eigenvalue weighted by molar-refractivity contribution is 0.0947. The van der Waals surface area contributed by atoms with Gasteiger partial charge in [0, 0.05) is 11.6 Å². The summed E-state index contributed by atoms with van der Waals surface area (Å²) in [6.07, 6.45) is 13.5. The van der Waals surface area contributed by atoms with E-state index in [0.717, 1.165) is 6.54 Å². The Morgan fingerprint density at radius 3 is 2.35 bits per heavy atom. The summed E-state index contributed by atoms with van der Waals surface area (Å²) in [4.78, 5) is 2.75. The van der Waals surface area contributed by atoms with Gasteiger partial charge in [-0.15, -0.1) is 0 Å². The second-order valence-electron chi connectivity index (χ2n) is 7.07. The molecule has 0 saturated carbocycles. The minimum absolute atomic E-state index is 0.240. The molecule has 20 heavy (non-hydrogen) atoms. The molecule has 1 saturated heterocycles. The van der Waals surface area contributed by atoms with E-state index in [2.05, 4.69) is 37.1 Å². The Morgan fingerprint density at radius 2 is 1.80 bits per heavy atom. The molecule has 0 amide bonds. The summed E-state index contributed by atoms with van der Waals surface area (Å²) >= 11 is 0. The highest BCUT2D eigenvalue weighted by Crippen LogP contribution is 2.31. The minimum atomic E-state index is 0.240. The van der Waals surface area contributed by atoms with Crippen LogP contribution in [0, 0.1) is 0 Å². The molecule has 1 heterocycles. The van der Waals surface area contributed by atoms with E-state index in [9.17, 15) is 0 Å². The van der Waals surface area contributed by atoms with Crippen molar-refractivity contribution in [2.75, 3.05) is 19.6 Å². The fourth-order valence-electron chi connectivity index (χ4n) is 3.99. The molecule has 0 spiro atoms. The molecule has 0 aromatic rings. The predicted octanol–water partition coefficient (Wildman–Crippen LogP) is 4.12. The molecule has 1 unspecified atom stereocenters. The zero-order valence-electron chi connectivity index (χ0n) is 13.9. The lowest BCUT2D eigenvalue weighted by Crippen LogP contribution is -2.58. The van der Waals surface area contributed by atoms with Gasteiger partial charge in [0.05, 0.1) is 0 Å². The van der Waals surface area contributed by atoms with Crippen LogP contribution in [0.2, 0.25) is 0 Å². The summed E-state index contributed by atoms with van der Waals surface area (Å²) in [5, 5.41) is 3.80. The summed E-state index contributed by atoms with van der Waals surface area (Å²) in [5.74, 6) is 0. The second kappa shape index (κ2) is 7.61. The maximum Gasteiger partial charge on any atom is 0.0461 e. The lowest BCUT2D eigenvalue weighted by Gasteiger charge is -2.46. The van der Waals surface area contributed by atoms with Crippen LogP contribution in [-0.4, -0.2) is 36.1 Å². The van der Waals surface area contributed by atoms with Gasteiger partial charge in [-0.1, -0.05) is 31.4 Å². The Kier molecular flexibility index (Phi) is 6.10. The van der Waals surface area contributed by atoms with E-state index in [1.807, 2.05) is 0 Å². The number of rotatable bonds is 5. The molecule has 2 nitrogen and oxygen atoms in total. The van der Waals surface area contributed by atoms with Gasteiger partial charge < -0.3 is 5.32 Å². The molecular formula is C18H34N2. The molecule has 2 rings (SSSR count). The van der Waals surface area contributed by atoms with Gasteiger partial charge in [0.1, 0.15) is 0 Å². The minimum Gasteiger partial charge on any atom is -0.309 e. The summed E-state index contributed by atoms with van der Waals surface area (Å²) < 4.78 is 0. The van der Waals surface area contributed by atoms with Crippen molar-refractivity contribution >= 4 is 0 Å². The summed E-state index contributed by atoms with van der Waals surface area (Å²) in [6.45, 7) is 10.8. The van der Waals surface area contributed by atoms with Gasteiger partial charge in [-0.2, -0.15) is 0 Å². The normalized spacial score (nSPS) is 24.1. The molecule has 0 radical (unpaired) electrons. The fraction of sp³-hybridized carbons (Fsp3) is 0.889. The number of likely N-dealkylation sites (tertiary alicyclic amines) is 1. The first-order chi connectivity index (χ1) is 9.66. The van der Waals surface area contributed by atoms with E-state index < -0.39 is 0 Å². The van der Waals surface area contributed by atoms with E-state index in [-0.39, 0.29) is 5.54 Å². The van der Waals surface area contributed by atoms with Crippen molar-refractivity contribution in [2.45, 2.75) is 83.7 Å². The Hall–Kier alpha value is -0.340. The zero-order chi connectivity index (χ0) is 14.4. The van der Waals surface area contributed by atoms with E-state index in [1.54, 1.807) is 5.57 Å². The first kappa shape index (κ1) is 16.0. The second-order valence-corrected chi connectivity index (χ2v) is 7.07. The molecule has 1 aliphatic carbocycles. The fourth-order valence-corrected chi connectivity index (χ4v) is 3.99. The Labute approximate surface area is 126 Å². The van der Waals surface area contributed by atoms with Crippen LogP contribution in [0.3, 0.4) is 0 Å². The molecule has 0 bridgehead atoms. The van der Waals surface area contributed by atoms with Gasteiger partial charge in [-0.3, -0.25) is 4.90 Å². The van der Waals surface area contributed by atoms with Crippen LogP contribution in [-0.2, 0) is 0 Å². The molecule has 2 aliphatic rings. The molecule has 1 fully saturated rings. The molecule has 2 heteroatoms. The highest BCUT2D eigenvalue weighted by Gasteiger charge is 2.37. The summed E-state index contributed by atoms with van der Waals surface area (Å²) in [6, 6.07) is 0.533. The van der Waals surface area contributed by atoms with Crippen LogP contribution in [0.1, 0.15) is 72.1 Å². The van der Waals surface area contributed by atoms with E-state index >= 15 is 0 Å². The molecular weight excluding hydrogens is 244 g/mol. The lowest BCUT2D eigenvalue weighted by atomic mass is 9.82. The third kappa shape index (κ3) is 3.85. The number of likely N-dealkylation sites (N-methyl/N-ethyl adjacent to an activating group) is 1. The maximum atomic E-state index is 3.80. The van der Waals surface area contributed by atoms with Crippen molar-refractivity contribution in [1.82, 2.24) is 10.2 Å². The van der Waals surface area contributed by atoms with E-state index in [1.165, 1.54) is 64.5 Å². The first-order valence-electron chi connectivity index (χ1n) is 8.83. The third-order valence-corrected chi connectivity index (χ3v) is 5.23. The van der Waals surface area contributed by atoms with Crippen LogP contribution < -0.4 is 5.32 Å². The van der Waals surface area contributed by atoms with Gasteiger partial charge in [-0.25, -0.2) is 0 Å². The number of allylic oxidation sites excluding steroid dienone is 1. The average Bonchev–Trinajstić information content (AvgIpc) is 2.75. The van der Waals surface area contributed by atoms with E-state index in [0.29, 0.717) is 6.04 Å². The van der Waals surface area contributed by atoms with Crippen molar-refractivity contribution in [3.8, 4) is 0 Å². The van der Waals surface area contributed by atoms with Crippen molar-refractivity contribution in [3.05, 3.63) is 11.6 Å². The molecule has 0 aromatic heterocycles. The molecule has 1 N–H and O–H groups in total. The smallest absolute Gasteiger partial charge is 0.0461 e. The molecule has 0 aromatic carbocycles. The molecule has 116 valence electrons. The van der Waals surface area contributed by atoms with Gasteiger partial charge in [-0.05, 0) is 72.0 Å². The van der Waals surface area contributed by atoms with Gasteiger partial charge in [0.15, 0.2) is 0 Å². The Bertz CT molecular complexity index is 311. The quantitative estimate of drug-likeness (QED) is 0.761. The Morgan fingerprint density at radius 1 is 1.10 bits per heavy atom. The van der Waals surface area contributed by atoms with Crippen molar-refractivity contribution in [2.24, 2.45) is 0 Å². The largest absolute Gasteiger partial charge is 0.309 e. The molecule has 1 atom stereocenters. The summed E-state index contributed by atoms with van der Waals surface area (Å²) in [5.41, 5.74) is 1.91. The van der Waals surface area contributed by atoms with Gasteiger partial charge in [0.2, 0.25) is 0 Å². The van der Waals surface area contributed by atoms with Crippen molar-refractivity contribution in [1.29, 1.82) is 0 Å². The van der Waals surface area contributed by atoms with Gasteiger partial charge in [0.25, 0.3) is 0 Å². The highest BCUT2D eigenvalue weighted by atomic mass is 15.2. The maximum absolute atomic E-state index is 3.80. The predicted molar refractivity (Wildman–Crippen MR) is 88.1 cm³/mol. The molecule has 1 aliphatic heterocycles. The van der Waals surface area contributed by atoms with E-state index in [4.69, 9.17) is 0 Å². The van der Waals surface area contributed by atoms with Gasteiger partial charge >= 0.3 is 0 Å². The van der Waals surface area contributed by atoms with Crippen LogP contribution in [0.4, 0.5) is 0 Å². The monoisotopic (exact) mass is 278 g/mol. The van der Waals surface area contributed by atoms with Crippen molar-refractivity contribution < 1.29 is 0 Å². The zero-order valence-corrected chi connectivity index (χ0v) is 13.9. The van der Waals surface area contributed by atoms with Crippen molar-refractivity contribution in [3.63, 3.8) is 0 Å². The SMILES string of the molecule is CCNC(C1=CCCCC1)C(C)(C)N1CCCCCC1. The van der Waals surface area contributed by atoms with Crippen LogP contribution in [0.5, 0.6) is 0 Å². The highest BCUT2D eigenvalue weighted by molar-refractivity contribution is 5.19. The number of nitrogens with one attached hydrogen (secondary N) is 1. The van der Waals surface area contributed by atoms with Crippen LogP contribution in [0.25, 0.3) is 0 Å². The topological polar surface area (TPSA) is 15.3 Å². The third-order valence-electron chi connectivity index (χ3n) is 5.23. The first-order valence-corrected chi connectivity index (χ1v) is 8.83. The van der Waals surface area contributed by atoms with Crippen LogP contribution >= 0.6 is 0 Å². The number of hydrogen-bond donors (Lipinski definition) is 1. The summed E-state index contributed by atoms with van der Waals surface area (Å²) in [7, 11) is 0. The number of nitrogens with zero attached hydrogens (tertiary/aromatic N) is 1. The number of hydrogen-bond acceptors (Lipinski definition) is 2. The standard InChI is InChI=1S/C18H34N2/c1-4-19-17(16-12-8-7-9-13-16)18(2,3)20-14-10-5-6-11-15-20/h12,17,19H,4-11,13-15H2,1-3H3. The average molecular weight is 278 g/mol.